The van der Waals surface area contributed by atoms with Gasteiger partial charge in [-0.25, -0.2) is 14.4 Å². The van der Waals surface area contributed by atoms with Gasteiger partial charge < -0.3 is 24.3 Å². The summed E-state index contributed by atoms with van der Waals surface area (Å²) in [5.41, 5.74) is -0.445. The second-order valence-electron chi connectivity index (χ2n) is 8.59. The van der Waals surface area contributed by atoms with E-state index in [4.69, 9.17) is 18.9 Å². The van der Waals surface area contributed by atoms with Gasteiger partial charge in [0.1, 0.15) is 11.4 Å². The van der Waals surface area contributed by atoms with Crippen LogP contribution >= 0.6 is 0 Å². The lowest BCUT2D eigenvalue weighted by Gasteiger charge is -2.33. The second kappa shape index (κ2) is 11.0. The highest BCUT2D eigenvalue weighted by Crippen LogP contribution is 2.32. The average Bonchev–Trinajstić information content (AvgIpc) is 2.66. The van der Waals surface area contributed by atoms with Crippen molar-refractivity contribution in [1.29, 1.82) is 0 Å². The summed E-state index contributed by atoms with van der Waals surface area (Å²) in [4.78, 5) is 37.9. The van der Waals surface area contributed by atoms with Gasteiger partial charge in [-0.3, -0.25) is 0 Å². The number of hydrogen-bond acceptors (Lipinski definition) is 7. The molecule has 2 rings (SSSR count). The standard InChI is InChI=1S/C23H33NO7/c1-6-29-21(26)19(30-20(25)16-10-12-17(28-5)13-11-16)18(14-15-8-7-9-15)24-22(27)31-23(2,3)4/h10-13,15,18-19H,6-9,14H2,1-5H3,(H,24,27). The van der Waals surface area contributed by atoms with E-state index in [0.29, 0.717) is 18.1 Å². The first kappa shape index (κ1) is 24.5. The van der Waals surface area contributed by atoms with Crippen LogP contribution in [0, 0.1) is 5.92 Å². The summed E-state index contributed by atoms with van der Waals surface area (Å²) in [7, 11) is 1.53. The lowest BCUT2D eigenvalue weighted by molar-refractivity contribution is -0.155. The van der Waals surface area contributed by atoms with Gasteiger partial charge >= 0.3 is 18.0 Å². The lowest BCUT2D eigenvalue weighted by atomic mass is 9.80. The predicted octanol–water partition coefficient (Wildman–Crippen LogP) is 3.87. The Kier molecular flexibility index (Phi) is 8.71. The molecule has 0 bridgehead atoms. The van der Waals surface area contributed by atoms with E-state index in [-0.39, 0.29) is 12.2 Å². The monoisotopic (exact) mass is 435 g/mol. The molecule has 1 aliphatic carbocycles. The van der Waals surface area contributed by atoms with Gasteiger partial charge in [0.05, 0.1) is 25.3 Å². The van der Waals surface area contributed by atoms with Gasteiger partial charge in [-0.15, -0.1) is 0 Å². The number of benzene rings is 1. The third-order valence-electron chi connectivity index (χ3n) is 4.96. The molecule has 1 saturated carbocycles. The fourth-order valence-corrected chi connectivity index (χ4v) is 3.23. The highest BCUT2D eigenvalue weighted by molar-refractivity contribution is 5.92. The molecule has 172 valence electrons. The van der Waals surface area contributed by atoms with Crippen LogP contribution in [0.2, 0.25) is 0 Å². The van der Waals surface area contributed by atoms with Crippen LogP contribution in [0.4, 0.5) is 4.79 Å². The summed E-state index contributed by atoms with van der Waals surface area (Å²) in [6.07, 6.45) is 1.61. The van der Waals surface area contributed by atoms with E-state index >= 15 is 0 Å². The number of hydrogen-bond donors (Lipinski definition) is 1. The third kappa shape index (κ3) is 7.77. The Morgan fingerprint density at radius 3 is 2.26 bits per heavy atom. The maximum Gasteiger partial charge on any atom is 0.408 e. The molecule has 31 heavy (non-hydrogen) atoms. The zero-order valence-electron chi connectivity index (χ0n) is 18.9. The van der Waals surface area contributed by atoms with Crippen LogP contribution in [-0.2, 0) is 19.0 Å². The van der Waals surface area contributed by atoms with Crippen LogP contribution in [0.1, 0.15) is 63.7 Å². The minimum Gasteiger partial charge on any atom is -0.497 e. The Morgan fingerprint density at radius 1 is 1.13 bits per heavy atom. The minimum absolute atomic E-state index is 0.123. The molecule has 1 N–H and O–H groups in total. The molecule has 0 aromatic heterocycles. The summed E-state index contributed by atoms with van der Waals surface area (Å²) >= 11 is 0. The molecule has 0 heterocycles. The van der Waals surface area contributed by atoms with Crippen molar-refractivity contribution in [2.24, 2.45) is 5.92 Å². The van der Waals surface area contributed by atoms with E-state index in [1.807, 2.05) is 0 Å². The Morgan fingerprint density at radius 2 is 1.77 bits per heavy atom. The van der Waals surface area contributed by atoms with Crippen molar-refractivity contribution in [3.05, 3.63) is 29.8 Å². The molecule has 0 saturated heterocycles. The largest absolute Gasteiger partial charge is 0.497 e. The summed E-state index contributed by atoms with van der Waals surface area (Å²) in [5, 5.41) is 2.73. The predicted molar refractivity (Wildman–Crippen MR) is 114 cm³/mol. The first-order valence-electron chi connectivity index (χ1n) is 10.6. The molecule has 8 nitrogen and oxygen atoms in total. The molecule has 1 fully saturated rings. The number of nitrogens with one attached hydrogen (secondary N) is 1. The van der Waals surface area contributed by atoms with Gasteiger partial charge in [0.25, 0.3) is 0 Å². The first-order chi connectivity index (χ1) is 14.6. The Bertz CT molecular complexity index is 750. The van der Waals surface area contributed by atoms with Crippen LogP contribution in [0.15, 0.2) is 24.3 Å². The van der Waals surface area contributed by atoms with Gasteiger partial charge in [0.15, 0.2) is 0 Å². The van der Waals surface area contributed by atoms with Crippen molar-refractivity contribution in [1.82, 2.24) is 5.32 Å². The molecule has 1 aromatic carbocycles. The minimum atomic E-state index is -1.29. The van der Waals surface area contributed by atoms with Gasteiger partial charge in [0, 0.05) is 0 Å². The maximum atomic E-state index is 12.7. The fraction of sp³-hybridized carbons (Fsp3) is 0.609. The van der Waals surface area contributed by atoms with Crippen molar-refractivity contribution < 1.29 is 33.3 Å². The molecule has 0 aliphatic heterocycles. The van der Waals surface area contributed by atoms with Crippen LogP contribution < -0.4 is 10.1 Å². The number of rotatable bonds is 9. The van der Waals surface area contributed by atoms with Crippen molar-refractivity contribution in [3.63, 3.8) is 0 Å². The number of carbonyl (C=O) groups excluding carboxylic acids is 3. The molecular formula is C23H33NO7. The fourth-order valence-electron chi connectivity index (χ4n) is 3.23. The smallest absolute Gasteiger partial charge is 0.408 e. The number of methoxy groups -OCH3 is 1. The Labute approximate surface area is 183 Å². The zero-order chi connectivity index (χ0) is 23.0. The van der Waals surface area contributed by atoms with E-state index in [1.54, 1.807) is 52.0 Å². The molecule has 2 atom stereocenters. The zero-order valence-corrected chi connectivity index (χ0v) is 18.9. The van der Waals surface area contributed by atoms with E-state index in [0.717, 1.165) is 19.3 Å². The topological polar surface area (TPSA) is 100 Å². The van der Waals surface area contributed by atoms with E-state index in [1.165, 1.54) is 7.11 Å². The summed E-state index contributed by atoms with van der Waals surface area (Å²) in [6, 6.07) is 5.58. The average molecular weight is 436 g/mol. The Hall–Kier alpha value is -2.77. The van der Waals surface area contributed by atoms with Gasteiger partial charge in [-0.05, 0) is 64.3 Å². The number of amides is 1. The van der Waals surface area contributed by atoms with Crippen LogP contribution in [0.3, 0.4) is 0 Å². The SMILES string of the molecule is CCOC(=O)C(OC(=O)c1ccc(OC)cc1)C(CC1CCC1)NC(=O)OC(C)(C)C. The highest BCUT2D eigenvalue weighted by atomic mass is 16.6. The van der Waals surface area contributed by atoms with E-state index in [9.17, 15) is 14.4 Å². The summed E-state index contributed by atoms with van der Waals surface area (Å²) in [6.45, 7) is 7.04. The number of carbonyl (C=O) groups is 3. The second-order valence-corrected chi connectivity index (χ2v) is 8.59. The summed E-state index contributed by atoms with van der Waals surface area (Å²) < 4.78 is 21.2. The first-order valence-corrected chi connectivity index (χ1v) is 10.6. The van der Waals surface area contributed by atoms with E-state index in [2.05, 4.69) is 5.32 Å². The van der Waals surface area contributed by atoms with Crippen LogP contribution in [-0.4, -0.2) is 49.5 Å². The Balaban J connectivity index is 2.22. The molecule has 1 aliphatic rings. The molecule has 0 spiro atoms. The highest BCUT2D eigenvalue weighted by Gasteiger charge is 2.38. The van der Waals surface area contributed by atoms with Crippen LogP contribution in [0.5, 0.6) is 5.75 Å². The molecule has 1 amide bonds. The quantitative estimate of drug-likeness (QED) is 0.464. The maximum absolute atomic E-state index is 12.7. The lowest BCUT2D eigenvalue weighted by Crippen LogP contribution is -2.52. The molecule has 0 radical (unpaired) electrons. The van der Waals surface area contributed by atoms with Gasteiger partial charge in [-0.2, -0.15) is 0 Å². The van der Waals surface area contributed by atoms with Gasteiger partial charge in [0.2, 0.25) is 6.10 Å². The van der Waals surface area contributed by atoms with Gasteiger partial charge in [-0.1, -0.05) is 19.3 Å². The van der Waals surface area contributed by atoms with Crippen molar-refractivity contribution in [2.45, 2.75) is 71.1 Å². The molecule has 1 aromatic rings. The molecular weight excluding hydrogens is 402 g/mol. The summed E-state index contributed by atoms with van der Waals surface area (Å²) in [5.74, 6) is -0.473. The van der Waals surface area contributed by atoms with Crippen molar-refractivity contribution in [2.75, 3.05) is 13.7 Å². The number of esters is 2. The molecule has 2 unspecified atom stereocenters. The normalized spacial score (nSPS) is 15.8. The number of ether oxygens (including phenoxy) is 4. The number of alkyl carbamates (subject to hydrolysis) is 1. The van der Waals surface area contributed by atoms with Crippen molar-refractivity contribution >= 4 is 18.0 Å². The van der Waals surface area contributed by atoms with Crippen molar-refractivity contribution in [3.8, 4) is 5.75 Å². The third-order valence-corrected chi connectivity index (χ3v) is 4.96. The van der Waals surface area contributed by atoms with E-state index < -0.39 is 35.8 Å². The van der Waals surface area contributed by atoms with Crippen LogP contribution in [0.25, 0.3) is 0 Å². The molecule has 8 heteroatoms.